The molecule has 1 saturated heterocycles. The number of hydrogen-bond acceptors (Lipinski definition) is 5. The average molecular weight is 442 g/mol. The highest BCUT2D eigenvalue weighted by Gasteiger charge is 2.21. The highest BCUT2D eigenvalue weighted by molar-refractivity contribution is 6.33. The van der Waals surface area contributed by atoms with Crippen LogP contribution < -0.4 is 15.8 Å². The van der Waals surface area contributed by atoms with Crippen LogP contribution in [0.5, 0.6) is 5.75 Å². The van der Waals surface area contributed by atoms with E-state index in [4.69, 9.17) is 22.1 Å². The van der Waals surface area contributed by atoms with Crippen molar-refractivity contribution in [2.75, 3.05) is 59.7 Å². The van der Waals surface area contributed by atoms with Crippen LogP contribution in [0, 0.1) is 5.92 Å². The van der Waals surface area contributed by atoms with Crippen molar-refractivity contribution in [1.82, 2.24) is 15.1 Å². The van der Waals surface area contributed by atoms with Gasteiger partial charge in [0.05, 0.1) is 23.4 Å². The summed E-state index contributed by atoms with van der Waals surface area (Å²) in [6.45, 7) is 5.04. The molecule has 0 saturated carbocycles. The maximum Gasteiger partial charge on any atom is 0.255 e. The van der Waals surface area contributed by atoms with Crippen molar-refractivity contribution in [2.24, 2.45) is 5.92 Å². The first kappa shape index (κ1) is 26.1. The number of likely N-dealkylation sites (N-methyl/N-ethyl adjacent to an activating group) is 1. The van der Waals surface area contributed by atoms with Crippen LogP contribution in [0.2, 0.25) is 5.02 Å². The number of anilines is 1. The lowest BCUT2D eigenvalue weighted by Gasteiger charge is -2.32. The molecule has 1 amide bonds. The Balaban J connectivity index is 0.00000338. The van der Waals surface area contributed by atoms with Crippen molar-refractivity contribution in [2.45, 2.75) is 12.8 Å². The predicted octanol–water partition coefficient (Wildman–Crippen LogP) is 2.78. The number of likely N-dealkylation sites (tertiary alicyclic amines) is 1. The number of amides is 1. The molecule has 0 radical (unpaired) electrons. The maximum atomic E-state index is 12.5. The third-order valence-corrected chi connectivity index (χ3v) is 5.01. The number of carbonyl (C=O) groups is 1. The van der Waals surface area contributed by atoms with Gasteiger partial charge in [0.2, 0.25) is 0 Å². The summed E-state index contributed by atoms with van der Waals surface area (Å²) in [5.74, 6) is 0.779. The van der Waals surface area contributed by atoms with Gasteiger partial charge in [-0.1, -0.05) is 11.6 Å². The van der Waals surface area contributed by atoms with Crippen LogP contribution in [0.25, 0.3) is 0 Å². The molecule has 27 heavy (non-hydrogen) atoms. The number of methoxy groups -OCH3 is 1. The van der Waals surface area contributed by atoms with E-state index in [2.05, 4.69) is 29.2 Å². The Bertz CT molecular complexity index is 594. The fourth-order valence-electron chi connectivity index (χ4n) is 3.00. The standard InChI is InChI=1S/C18H29ClN4O2.2ClH/c1-22(2)8-9-23-6-4-13(5-7-23)12-21-18(24)14-10-15(19)16(20)11-17(14)25-3;;/h10-11,13H,4-9,12,20H2,1-3H3,(H,21,24);2*1H. The molecule has 0 aromatic heterocycles. The zero-order chi connectivity index (χ0) is 18.4. The van der Waals surface area contributed by atoms with Gasteiger partial charge in [0.1, 0.15) is 5.75 Å². The van der Waals surface area contributed by atoms with Gasteiger partial charge in [-0.2, -0.15) is 0 Å². The summed E-state index contributed by atoms with van der Waals surface area (Å²) in [5, 5.41) is 3.37. The molecular weight excluding hydrogens is 411 g/mol. The van der Waals surface area contributed by atoms with E-state index in [9.17, 15) is 4.79 Å². The van der Waals surface area contributed by atoms with Crippen LogP contribution >= 0.6 is 36.4 Å². The number of nitrogens with one attached hydrogen (secondary N) is 1. The number of nitrogen functional groups attached to an aromatic ring is 1. The van der Waals surface area contributed by atoms with Crippen LogP contribution in [-0.2, 0) is 0 Å². The molecule has 0 bridgehead atoms. The third-order valence-electron chi connectivity index (χ3n) is 4.69. The molecule has 1 heterocycles. The van der Waals surface area contributed by atoms with Crippen molar-refractivity contribution in [3.8, 4) is 5.75 Å². The summed E-state index contributed by atoms with van der Waals surface area (Å²) < 4.78 is 5.24. The van der Waals surface area contributed by atoms with Crippen LogP contribution in [0.3, 0.4) is 0 Å². The van der Waals surface area contributed by atoms with Crippen molar-refractivity contribution in [1.29, 1.82) is 0 Å². The van der Waals surface area contributed by atoms with Gasteiger partial charge in [0.25, 0.3) is 5.91 Å². The second-order valence-electron chi connectivity index (χ2n) is 6.87. The Morgan fingerprint density at radius 2 is 1.96 bits per heavy atom. The molecule has 1 aromatic rings. The highest BCUT2D eigenvalue weighted by atomic mass is 35.5. The molecule has 0 unspecified atom stereocenters. The van der Waals surface area contributed by atoms with E-state index < -0.39 is 0 Å². The Hall–Kier alpha value is -0.920. The van der Waals surface area contributed by atoms with Crippen molar-refractivity contribution in [3.05, 3.63) is 22.7 Å². The van der Waals surface area contributed by atoms with Gasteiger partial charge in [-0.3, -0.25) is 4.79 Å². The Kier molecular flexibility index (Phi) is 12.1. The smallest absolute Gasteiger partial charge is 0.255 e. The summed E-state index contributed by atoms with van der Waals surface area (Å²) in [6, 6.07) is 3.15. The Morgan fingerprint density at radius 1 is 1.33 bits per heavy atom. The van der Waals surface area contributed by atoms with E-state index in [1.165, 1.54) is 7.11 Å². The summed E-state index contributed by atoms with van der Waals surface area (Å²) in [4.78, 5) is 17.2. The summed E-state index contributed by atoms with van der Waals surface area (Å²) in [6.07, 6.45) is 2.21. The minimum atomic E-state index is -0.172. The fourth-order valence-corrected chi connectivity index (χ4v) is 3.17. The number of halogens is 3. The molecule has 0 atom stereocenters. The van der Waals surface area contributed by atoms with Crippen LogP contribution in [-0.4, -0.2) is 69.6 Å². The van der Waals surface area contributed by atoms with Crippen LogP contribution in [0.4, 0.5) is 5.69 Å². The van der Waals surface area contributed by atoms with E-state index in [1.54, 1.807) is 12.1 Å². The van der Waals surface area contributed by atoms with E-state index in [-0.39, 0.29) is 30.7 Å². The molecule has 0 spiro atoms. The van der Waals surface area contributed by atoms with Gasteiger partial charge in [0.15, 0.2) is 0 Å². The number of nitrogens with two attached hydrogens (primary N) is 1. The van der Waals surface area contributed by atoms with Gasteiger partial charge in [-0.05, 0) is 52.0 Å². The third kappa shape index (κ3) is 7.92. The lowest BCUT2D eigenvalue weighted by Crippen LogP contribution is -2.41. The molecular formula is C18H31Cl3N4O2. The average Bonchev–Trinajstić information content (AvgIpc) is 2.60. The molecule has 9 heteroatoms. The van der Waals surface area contributed by atoms with Crippen LogP contribution in [0.15, 0.2) is 12.1 Å². The SMILES string of the molecule is COc1cc(N)c(Cl)cc1C(=O)NCC1CCN(CCN(C)C)CC1.Cl.Cl. The van der Waals surface area contributed by atoms with E-state index >= 15 is 0 Å². The quantitative estimate of drug-likeness (QED) is 0.637. The molecule has 2 rings (SSSR count). The largest absolute Gasteiger partial charge is 0.496 e. The van der Waals surface area contributed by atoms with Gasteiger partial charge in [0, 0.05) is 25.7 Å². The number of rotatable bonds is 7. The first-order chi connectivity index (χ1) is 11.9. The first-order valence-corrected chi connectivity index (χ1v) is 9.06. The van der Waals surface area contributed by atoms with Crippen molar-refractivity contribution < 1.29 is 9.53 Å². The number of nitrogens with zero attached hydrogens (tertiary/aromatic N) is 2. The number of benzene rings is 1. The Morgan fingerprint density at radius 3 is 2.52 bits per heavy atom. The van der Waals surface area contributed by atoms with E-state index in [1.807, 2.05) is 0 Å². The topological polar surface area (TPSA) is 70.8 Å². The molecule has 1 fully saturated rings. The first-order valence-electron chi connectivity index (χ1n) is 8.69. The van der Waals surface area contributed by atoms with Crippen molar-refractivity contribution >= 4 is 48.0 Å². The van der Waals surface area contributed by atoms with Gasteiger partial charge in [-0.15, -0.1) is 24.8 Å². The summed E-state index contributed by atoms with van der Waals surface area (Å²) >= 11 is 6.03. The fraction of sp³-hybridized carbons (Fsp3) is 0.611. The van der Waals surface area contributed by atoms with Gasteiger partial charge in [-0.25, -0.2) is 0 Å². The lowest BCUT2D eigenvalue weighted by molar-refractivity contribution is 0.0932. The summed E-state index contributed by atoms with van der Waals surface area (Å²) in [7, 11) is 5.71. The molecule has 3 N–H and O–H groups in total. The van der Waals surface area contributed by atoms with Gasteiger partial charge < -0.3 is 25.6 Å². The molecule has 1 aliphatic heterocycles. The molecule has 1 aliphatic rings. The molecule has 156 valence electrons. The molecule has 6 nitrogen and oxygen atoms in total. The Labute approximate surface area is 179 Å². The highest BCUT2D eigenvalue weighted by Crippen LogP contribution is 2.28. The second kappa shape index (κ2) is 12.5. The number of ether oxygens (including phenoxy) is 1. The minimum Gasteiger partial charge on any atom is -0.496 e. The normalized spacial score (nSPS) is 15.0. The van der Waals surface area contributed by atoms with Gasteiger partial charge >= 0.3 is 0 Å². The summed E-state index contributed by atoms with van der Waals surface area (Å²) in [5.41, 5.74) is 6.59. The molecule has 1 aromatic carbocycles. The number of piperidine rings is 1. The van der Waals surface area contributed by atoms with Crippen LogP contribution in [0.1, 0.15) is 23.2 Å². The van der Waals surface area contributed by atoms with E-state index in [0.717, 1.165) is 39.0 Å². The second-order valence-corrected chi connectivity index (χ2v) is 7.28. The van der Waals surface area contributed by atoms with E-state index in [0.29, 0.717) is 34.5 Å². The molecule has 0 aliphatic carbocycles. The van der Waals surface area contributed by atoms with Crippen molar-refractivity contribution in [3.63, 3.8) is 0 Å². The number of hydrogen-bond donors (Lipinski definition) is 2. The minimum absolute atomic E-state index is 0. The maximum absolute atomic E-state index is 12.5. The zero-order valence-electron chi connectivity index (χ0n) is 16.2. The zero-order valence-corrected chi connectivity index (χ0v) is 18.6. The number of carbonyl (C=O) groups excluding carboxylic acids is 1. The monoisotopic (exact) mass is 440 g/mol. The predicted molar refractivity (Wildman–Crippen MR) is 117 cm³/mol. The lowest BCUT2D eigenvalue weighted by atomic mass is 9.96.